The van der Waals surface area contributed by atoms with Crippen molar-refractivity contribution < 1.29 is 13.5 Å². The van der Waals surface area contributed by atoms with Crippen LogP contribution in [0.25, 0.3) is 0 Å². The van der Waals surface area contributed by atoms with Gasteiger partial charge >= 0.3 is 0 Å². The molecular formula is C26H26F2N5OP. The van der Waals surface area contributed by atoms with Gasteiger partial charge in [0.15, 0.2) is 0 Å². The number of anilines is 3. The fourth-order valence-electron chi connectivity index (χ4n) is 4.29. The molecule has 3 aromatic rings. The average molecular weight is 493 g/mol. The molecule has 1 aliphatic carbocycles. The van der Waals surface area contributed by atoms with E-state index in [1.165, 1.54) is 12.1 Å². The molecule has 0 radical (unpaired) electrons. The van der Waals surface area contributed by atoms with Gasteiger partial charge in [0, 0.05) is 55.0 Å². The smallest absolute Gasteiger partial charge is 0.283 e. The summed E-state index contributed by atoms with van der Waals surface area (Å²) in [6.07, 6.45) is 16.2. The zero-order valence-corrected chi connectivity index (χ0v) is 20.3. The molecule has 1 aliphatic heterocycles. The van der Waals surface area contributed by atoms with Gasteiger partial charge in [0.25, 0.3) is 5.66 Å². The second-order valence-corrected chi connectivity index (χ2v) is 9.56. The Morgan fingerprint density at radius 2 is 1.71 bits per heavy atom. The second-order valence-electron chi connectivity index (χ2n) is 8.83. The third-order valence-corrected chi connectivity index (χ3v) is 6.62. The van der Waals surface area contributed by atoms with Crippen molar-refractivity contribution in [3.05, 3.63) is 66.2 Å². The van der Waals surface area contributed by atoms with Gasteiger partial charge in [-0.15, -0.1) is 6.42 Å². The molecule has 1 aromatic carbocycles. The first-order valence-electron chi connectivity index (χ1n) is 11.6. The minimum Gasteiger partial charge on any atom is -0.488 e. The van der Waals surface area contributed by atoms with Crippen LogP contribution in [0.1, 0.15) is 36.8 Å². The number of terminal acetylenes is 1. The number of alkyl halides is 2. The predicted octanol–water partition coefficient (Wildman–Crippen LogP) is 5.13. The molecule has 9 heteroatoms. The number of nitrogens with zero attached hydrogens (tertiary/aromatic N) is 5. The maximum atomic E-state index is 13.8. The molecule has 6 nitrogen and oxygen atoms in total. The Bertz CT molecular complexity index is 1200. The van der Waals surface area contributed by atoms with E-state index in [4.69, 9.17) is 11.2 Å². The van der Waals surface area contributed by atoms with Crippen molar-refractivity contribution in [3.8, 4) is 18.1 Å². The molecule has 2 fully saturated rings. The van der Waals surface area contributed by atoms with Gasteiger partial charge in [0.05, 0.1) is 17.9 Å². The van der Waals surface area contributed by atoms with Gasteiger partial charge in [-0.3, -0.25) is 4.98 Å². The highest BCUT2D eigenvalue weighted by Crippen LogP contribution is 2.41. The second kappa shape index (κ2) is 9.75. The summed E-state index contributed by atoms with van der Waals surface area (Å²) in [6, 6.07) is 8.43. The van der Waals surface area contributed by atoms with Crippen LogP contribution in [-0.2, 0) is 5.66 Å². The van der Waals surface area contributed by atoms with E-state index >= 15 is 0 Å². The normalized spacial score (nSPS) is 16.6. The van der Waals surface area contributed by atoms with E-state index in [0.717, 1.165) is 55.9 Å². The van der Waals surface area contributed by atoms with Crippen molar-refractivity contribution in [2.24, 2.45) is 0 Å². The summed E-state index contributed by atoms with van der Waals surface area (Å²) in [7, 11) is 1.60. The first kappa shape index (κ1) is 23.4. The molecule has 0 amide bonds. The Balaban J connectivity index is 1.42. The van der Waals surface area contributed by atoms with Crippen molar-refractivity contribution >= 4 is 26.6 Å². The number of pyridine rings is 1. The third kappa shape index (κ3) is 5.36. The van der Waals surface area contributed by atoms with Crippen molar-refractivity contribution in [1.82, 2.24) is 15.0 Å². The van der Waals surface area contributed by atoms with Gasteiger partial charge in [-0.25, -0.2) is 9.97 Å². The van der Waals surface area contributed by atoms with Crippen LogP contribution in [0.4, 0.5) is 26.1 Å². The van der Waals surface area contributed by atoms with Crippen LogP contribution in [-0.4, -0.2) is 40.2 Å². The Morgan fingerprint density at radius 1 is 1.03 bits per heavy atom. The first-order chi connectivity index (χ1) is 16.9. The van der Waals surface area contributed by atoms with E-state index in [1.54, 1.807) is 46.2 Å². The molecule has 0 spiro atoms. The molecule has 0 N–H and O–H groups in total. The molecule has 1 saturated heterocycles. The minimum absolute atomic E-state index is 0.0470. The first-order valence-corrected chi connectivity index (χ1v) is 12.2. The molecule has 1 unspecified atom stereocenters. The van der Waals surface area contributed by atoms with Gasteiger partial charge in [-0.2, -0.15) is 8.78 Å². The Labute approximate surface area is 206 Å². The molecule has 3 heterocycles. The zero-order valence-electron chi connectivity index (χ0n) is 19.1. The van der Waals surface area contributed by atoms with E-state index in [9.17, 15) is 8.78 Å². The number of piperidine rings is 1. The molecule has 2 aliphatic rings. The SMILES string of the molecule is C#Cc1cnc(N2CCC(N(c3ccc(C(F)(F)P)cc3)c3cnccc3OC3CC3)CC2)nc1. The Hall–Kier alpha value is -3.30. The summed E-state index contributed by atoms with van der Waals surface area (Å²) in [4.78, 5) is 17.5. The number of aromatic nitrogens is 3. The molecule has 1 atom stereocenters. The molecule has 2 aromatic heterocycles. The van der Waals surface area contributed by atoms with Gasteiger partial charge in [0.2, 0.25) is 5.95 Å². The molecule has 1 saturated carbocycles. The quantitative estimate of drug-likeness (QED) is 0.336. The fourth-order valence-corrected chi connectivity index (χ4v) is 4.49. The van der Waals surface area contributed by atoms with Crippen LogP contribution < -0.4 is 14.5 Å². The van der Waals surface area contributed by atoms with E-state index in [1.807, 2.05) is 6.07 Å². The van der Waals surface area contributed by atoms with Crippen molar-refractivity contribution in [1.29, 1.82) is 0 Å². The number of hydrogen-bond donors (Lipinski definition) is 0. The molecule has 180 valence electrons. The van der Waals surface area contributed by atoms with Crippen molar-refractivity contribution in [2.45, 2.75) is 43.5 Å². The predicted molar refractivity (Wildman–Crippen MR) is 135 cm³/mol. The number of hydrogen-bond acceptors (Lipinski definition) is 6. The van der Waals surface area contributed by atoms with E-state index in [2.05, 4.69) is 30.7 Å². The highest BCUT2D eigenvalue weighted by atomic mass is 31.0. The van der Waals surface area contributed by atoms with E-state index in [-0.39, 0.29) is 17.7 Å². The lowest BCUT2D eigenvalue weighted by Crippen LogP contribution is -2.44. The van der Waals surface area contributed by atoms with Gasteiger partial charge in [-0.1, -0.05) is 27.3 Å². The monoisotopic (exact) mass is 493 g/mol. The van der Waals surface area contributed by atoms with Crippen molar-refractivity contribution in [2.75, 3.05) is 22.9 Å². The minimum atomic E-state index is -2.97. The largest absolute Gasteiger partial charge is 0.488 e. The van der Waals surface area contributed by atoms with Crippen LogP contribution in [0, 0.1) is 12.3 Å². The Kier molecular flexibility index (Phi) is 6.53. The van der Waals surface area contributed by atoms with Crippen LogP contribution >= 0.6 is 9.24 Å². The maximum Gasteiger partial charge on any atom is 0.283 e. The Morgan fingerprint density at radius 3 is 2.31 bits per heavy atom. The van der Waals surface area contributed by atoms with E-state index in [0.29, 0.717) is 11.5 Å². The van der Waals surface area contributed by atoms with Crippen LogP contribution in [0.5, 0.6) is 5.75 Å². The maximum absolute atomic E-state index is 13.8. The summed E-state index contributed by atoms with van der Waals surface area (Å²) in [5.41, 5.74) is -0.705. The summed E-state index contributed by atoms with van der Waals surface area (Å²) in [5.74, 6) is 3.95. The number of benzene rings is 1. The lowest BCUT2D eigenvalue weighted by Gasteiger charge is -2.40. The lowest BCUT2D eigenvalue weighted by atomic mass is 10.0. The third-order valence-electron chi connectivity index (χ3n) is 6.29. The topological polar surface area (TPSA) is 54.4 Å². The summed E-state index contributed by atoms with van der Waals surface area (Å²) >= 11 is 0. The fraction of sp³-hybridized carbons (Fsp3) is 0.346. The summed E-state index contributed by atoms with van der Waals surface area (Å²) in [6.45, 7) is 1.49. The molecular weight excluding hydrogens is 467 g/mol. The highest BCUT2D eigenvalue weighted by Gasteiger charge is 2.32. The van der Waals surface area contributed by atoms with Gasteiger partial charge < -0.3 is 14.5 Å². The lowest BCUT2D eigenvalue weighted by molar-refractivity contribution is 0.104. The molecule has 0 bridgehead atoms. The van der Waals surface area contributed by atoms with Gasteiger partial charge in [0.1, 0.15) is 11.4 Å². The average Bonchev–Trinajstić information content (AvgIpc) is 3.70. The highest BCUT2D eigenvalue weighted by molar-refractivity contribution is 7.17. The van der Waals surface area contributed by atoms with E-state index < -0.39 is 5.66 Å². The van der Waals surface area contributed by atoms with Crippen molar-refractivity contribution in [3.63, 3.8) is 0 Å². The van der Waals surface area contributed by atoms with Crippen LogP contribution in [0.15, 0.2) is 55.1 Å². The standard InChI is InChI=1S/C26H26F2N5OP/c1-2-18-15-30-25(31-16-18)32-13-10-21(11-14-32)33(20-5-3-19(4-6-20)26(27,28)35)23-17-29-12-9-24(23)34-22-7-8-22/h1,3-6,9,12,15-17,21-22H,7-8,10-11,13-14,35H2. The van der Waals surface area contributed by atoms with Crippen LogP contribution in [0.2, 0.25) is 0 Å². The molecule has 35 heavy (non-hydrogen) atoms. The number of ether oxygens (including phenoxy) is 1. The zero-order chi connectivity index (χ0) is 24.4. The number of halogens is 2. The summed E-state index contributed by atoms with van der Waals surface area (Å²) in [5, 5.41) is 0. The number of rotatable bonds is 7. The summed E-state index contributed by atoms with van der Waals surface area (Å²) < 4.78 is 33.8. The van der Waals surface area contributed by atoms with Gasteiger partial charge in [-0.05, 0) is 37.8 Å². The van der Waals surface area contributed by atoms with Crippen LogP contribution in [0.3, 0.4) is 0 Å². The molecule has 5 rings (SSSR count).